The number of anilines is 1. The van der Waals surface area contributed by atoms with Crippen molar-refractivity contribution in [3.63, 3.8) is 0 Å². The first kappa shape index (κ1) is 18.3. The fourth-order valence-corrected chi connectivity index (χ4v) is 3.03. The Morgan fingerprint density at radius 1 is 1.04 bits per heavy atom. The van der Waals surface area contributed by atoms with Crippen molar-refractivity contribution in [1.82, 2.24) is 4.90 Å². The number of carbonyl (C=O) groups excluding carboxylic acids is 1. The lowest BCUT2D eigenvalue weighted by molar-refractivity contribution is -0.127. The second kappa shape index (κ2) is 7.79. The molecule has 1 heterocycles. The Hall–Kier alpha value is -2.53. The molecule has 5 heteroatoms. The smallest absolute Gasteiger partial charge is 0.230 e. The van der Waals surface area contributed by atoms with Crippen molar-refractivity contribution in [3.8, 4) is 17.2 Å². The van der Waals surface area contributed by atoms with Crippen LogP contribution in [0.1, 0.15) is 19.8 Å². The van der Waals surface area contributed by atoms with E-state index >= 15 is 0 Å². The molecule has 1 aliphatic heterocycles. The summed E-state index contributed by atoms with van der Waals surface area (Å²) in [5.74, 6) is 2.26. The highest BCUT2D eigenvalue weighted by atomic mass is 16.5. The van der Waals surface area contributed by atoms with Gasteiger partial charge in [0.1, 0.15) is 17.2 Å². The molecule has 5 nitrogen and oxygen atoms in total. The van der Waals surface area contributed by atoms with E-state index in [2.05, 4.69) is 24.2 Å². The molecule has 1 N–H and O–H groups in total. The molecule has 2 aromatic rings. The maximum atomic E-state index is 12.7. The number of nitrogens with zero attached hydrogens (tertiary/aromatic N) is 1. The van der Waals surface area contributed by atoms with E-state index in [0.29, 0.717) is 11.5 Å². The molecule has 1 aliphatic rings. The fraction of sp³-hybridized carbons (Fsp3) is 0.381. The number of rotatable bonds is 5. The van der Waals surface area contributed by atoms with Gasteiger partial charge in [-0.05, 0) is 69.4 Å². The van der Waals surface area contributed by atoms with Gasteiger partial charge in [0, 0.05) is 17.2 Å². The van der Waals surface area contributed by atoms with E-state index in [1.165, 1.54) is 0 Å². The van der Waals surface area contributed by atoms with Crippen LogP contribution in [0.4, 0.5) is 5.69 Å². The number of hydrogen-bond acceptors (Lipinski definition) is 4. The van der Waals surface area contributed by atoms with Gasteiger partial charge in [-0.25, -0.2) is 0 Å². The Morgan fingerprint density at radius 2 is 1.69 bits per heavy atom. The molecule has 1 amide bonds. The maximum Gasteiger partial charge on any atom is 0.230 e. The number of likely N-dealkylation sites (tertiary alicyclic amines) is 1. The summed E-state index contributed by atoms with van der Waals surface area (Å²) < 4.78 is 11.0. The largest absolute Gasteiger partial charge is 0.497 e. The molecule has 0 radical (unpaired) electrons. The Kier molecular flexibility index (Phi) is 5.47. The monoisotopic (exact) mass is 354 g/mol. The lowest BCUT2D eigenvalue weighted by atomic mass is 9.79. The van der Waals surface area contributed by atoms with Crippen molar-refractivity contribution in [2.75, 3.05) is 32.6 Å². The first-order valence-corrected chi connectivity index (χ1v) is 8.90. The van der Waals surface area contributed by atoms with Crippen LogP contribution in [0.25, 0.3) is 0 Å². The third-order valence-corrected chi connectivity index (χ3v) is 5.03. The zero-order valence-corrected chi connectivity index (χ0v) is 15.6. The second-order valence-electron chi connectivity index (χ2n) is 7.12. The van der Waals surface area contributed by atoms with Gasteiger partial charge in [-0.2, -0.15) is 0 Å². The first-order valence-electron chi connectivity index (χ1n) is 8.90. The average Bonchev–Trinajstić information content (AvgIpc) is 2.66. The lowest BCUT2D eigenvalue weighted by Gasteiger charge is -2.36. The number of carbonyl (C=O) groups is 1. The average molecular weight is 354 g/mol. The molecule has 1 fully saturated rings. The van der Waals surface area contributed by atoms with Gasteiger partial charge >= 0.3 is 0 Å². The topological polar surface area (TPSA) is 50.8 Å². The minimum absolute atomic E-state index is 0.0899. The Labute approximate surface area is 154 Å². The van der Waals surface area contributed by atoms with E-state index in [9.17, 15) is 4.79 Å². The highest BCUT2D eigenvalue weighted by Crippen LogP contribution is 2.32. The highest BCUT2D eigenvalue weighted by Gasteiger charge is 2.36. The molecule has 0 spiro atoms. The number of nitrogens with one attached hydrogen (secondary N) is 1. The van der Waals surface area contributed by atoms with Crippen molar-refractivity contribution in [3.05, 3.63) is 48.5 Å². The summed E-state index contributed by atoms with van der Waals surface area (Å²) in [6.07, 6.45) is 1.76. The van der Waals surface area contributed by atoms with Gasteiger partial charge in [0.2, 0.25) is 5.91 Å². The highest BCUT2D eigenvalue weighted by molar-refractivity contribution is 5.95. The van der Waals surface area contributed by atoms with Gasteiger partial charge in [0.25, 0.3) is 0 Å². The first-order chi connectivity index (χ1) is 12.5. The van der Waals surface area contributed by atoms with Crippen LogP contribution < -0.4 is 14.8 Å². The number of piperidine rings is 1. The Morgan fingerprint density at radius 3 is 2.35 bits per heavy atom. The molecule has 138 valence electrons. The zero-order valence-electron chi connectivity index (χ0n) is 15.6. The predicted octanol–water partition coefficient (Wildman–Crippen LogP) is 4.16. The molecule has 3 rings (SSSR count). The summed E-state index contributed by atoms with van der Waals surface area (Å²) >= 11 is 0. The Balaban J connectivity index is 1.61. The van der Waals surface area contributed by atoms with Crippen LogP contribution in [0.3, 0.4) is 0 Å². The quantitative estimate of drug-likeness (QED) is 0.876. The summed E-state index contributed by atoms with van der Waals surface area (Å²) in [5.41, 5.74) is 0.482. The van der Waals surface area contributed by atoms with Crippen molar-refractivity contribution < 1.29 is 14.3 Å². The zero-order chi connectivity index (χ0) is 18.6. The van der Waals surface area contributed by atoms with E-state index in [0.717, 1.165) is 37.4 Å². The van der Waals surface area contributed by atoms with E-state index < -0.39 is 0 Å². The molecule has 0 saturated carbocycles. The molecule has 2 aromatic carbocycles. The van der Waals surface area contributed by atoms with Crippen molar-refractivity contribution >= 4 is 11.6 Å². The Bertz CT molecular complexity index is 750. The molecule has 0 aliphatic carbocycles. The van der Waals surface area contributed by atoms with Gasteiger partial charge in [0.05, 0.1) is 7.11 Å². The van der Waals surface area contributed by atoms with E-state index in [-0.39, 0.29) is 11.3 Å². The normalized spacial score (nSPS) is 16.7. The molecule has 1 saturated heterocycles. The summed E-state index contributed by atoms with van der Waals surface area (Å²) in [6, 6.07) is 14.9. The lowest BCUT2D eigenvalue weighted by Crippen LogP contribution is -2.43. The molecule has 0 aromatic heterocycles. The standard InChI is InChI=1S/C21H26N2O3/c1-21(11-13-23(2)14-12-21)20(24)22-16-7-9-17(10-8-16)26-19-6-4-5-18(15-19)25-3/h4-10,15H,11-14H2,1-3H3,(H,22,24). The molecule has 0 unspecified atom stereocenters. The molecular weight excluding hydrogens is 328 g/mol. The van der Waals surface area contributed by atoms with E-state index in [1.807, 2.05) is 48.5 Å². The summed E-state index contributed by atoms with van der Waals surface area (Å²) in [5, 5.41) is 3.04. The third kappa shape index (κ3) is 4.35. The van der Waals surface area contributed by atoms with Gasteiger partial charge in [-0.1, -0.05) is 13.0 Å². The molecule has 26 heavy (non-hydrogen) atoms. The fourth-order valence-electron chi connectivity index (χ4n) is 3.03. The number of amides is 1. The SMILES string of the molecule is COc1cccc(Oc2ccc(NC(=O)C3(C)CCN(C)CC3)cc2)c1. The number of benzene rings is 2. The van der Waals surface area contributed by atoms with Crippen LogP contribution in [-0.4, -0.2) is 38.1 Å². The van der Waals surface area contributed by atoms with Gasteiger partial charge in [0.15, 0.2) is 0 Å². The number of ether oxygens (including phenoxy) is 2. The molecular formula is C21H26N2O3. The summed E-state index contributed by atoms with van der Waals surface area (Å²) in [6.45, 7) is 3.96. The van der Waals surface area contributed by atoms with Crippen molar-refractivity contribution in [2.24, 2.45) is 5.41 Å². The number of methoxy groups -OCH3 is 1. The van der Waals surface area contributed by atoms with Crippen LogP contribution in [0, 0.1) is 5.41 Å². The molecule has 0 bridgehead atoms. The summed E-state index contributed by atoms with van der Waals surface area (Å²) in [4.78, 5) is 14.9. The van der Waals surface area contributed by atoms with Crippen molar-refractivity contribution in [2.45, 2.75) is 19.8 Å². The van der Waals surface area contributed by atoms with E-state index in [1.54, 1.807) is 7.11 Å². The van der Waals surface area contributed by atoms with Gasteiger partial charge < -0.3 is 19.7 Å². The number of hydrogen-bond donors (Lipinski definition) is 1. The van der Waals surface area contributed by atoms with E-state index in [4.69, 9.17) is 9.47 Å². The van der Waals surface area contributed by atoms with Crippen LogP contribution >= 0.6 is 0 Å². The second-order valence-corrected chi connectivity index (χ2v) is 7.12. The third-order valence-electron chi connectivity index (χ3n) is 5.03. The minimum atomic E-state index is -0.303. The van der Waals surface area contributed by atoms with Crippen LogP contribution in [0.5, 0.6) is 17.2 Å². The van der Waals surface area contributed by atoms with Crippen molar-refractivity contribution in [1.29, 1.82) is 0 Å². The van der Waals surface area contributed by atoms with Crippen LogP contribution in [0.15, 0.2) is 48.5 Å². The summed E-state index contributed by atoms with van der Waals surface area (Å²) in [7, 11) is 3.72. The van der Waals surface area contributed by atoms with Gasteiger partial charge in [-0.15, -0.1) is 0 Å². The van der Waals surface area contributed by atoms with Crippen LogP contribution in [0.2, 0.25) is 0 Å². The predicted molar refractivity (Wildman–Crippen MR) is 103 cm³/mol. The maximum absolute atomic E-state index is 12.7. The van der Waals surface area contributed by atoms with Gasteiger partial charge in [-0.3, -0.25) is 4.79 Å². The van der Waals surface area contributed by atoms with Crippen LogP contribution in [-0.2, 0) is 4.79 Å². The molecule has 0 atom stereocenters. The minimum Gasteiger partial charge on any atom is -0.497 e.